The van der Waals surface area contributed by atoms with E-state index in [1.807, 2.05) is 0 Å². The van der Waals surface area contributed by atoms with Crippen LogP contribution in [0.15, 0.2) is 151 Å². The monoisotopic (exact) mass is 1110 g/mol. The van der Waals surface area contributed by atoms with Gasteiger partial charge in [0, 0.05) is 36.8 Å². The fraction of sp³-hybridized carbons (Fsp3) is 0.361. The Kier molecular flexibility index (Phi) is 16.0. The third-order valence-electron chi connectivity index (χ3n) is 16.6. The number of rotatable bonds is 15. The minimum atomic E-state index is -2.60. The van der Waals surface area contributed by atoms with Crippen LogP contribution in [0.5, 0.6) is 0 Å². The molecule has 0 spiro atoms. The molecule has 5 aromatic rings. The van der Waals surface area contributed by atoms with Gasteiger partial charge in [-0.25, -0.2) is 23.2 Å². The number of amides is 2. The first-order valence-corrected chi connectivity index (χ1v) is 26.2. The number of aliphatic hydroxyl groups excluding tert-OH is 3. The van der Waals surface area contributed by atoms with Gasteiger partial charge in [-0.3, -0.25) is 19.2 Å². The molecule has 3 fully saturated rings. The molecule has 5 aromatic carbocycles. The third kappa shape index (κ3) is 10.4. The Morgan fingerprint density at radius 2 is 1.22 bits per heavy atom. The number of halogens is 2. The SMILES string of the molecule is CC(=O)O[C@@]12CO[C@@H]1C[C@H](OC(=O)C(O)C(NC(=O)c1ccc(F)cc1F)c1ccccc1)[C@@]1(C)C(=O)[C@H](O)C3=C(C)[C@@H](OC(=O)[C@H](O)[C@@H](NC(=O)c4ccccc4)c4ccccc4)C[C@@](O)([C@@H](OC(=O)c4ccccc4)C12)C3(C)C. The van der Waals surface area contributed by atoms with E-state index in [1.165, 1.54) is 88.4 Å². The summed E-state index contributed by atoms with van der Waals surface area (Å²) >= 11 is 0. The molecule has 1 saturated heterocycles. The molecule has 4 aliphatic rings. The molecule has 2 bridgehead atoms. The van der Waals surface area contributed by atoms with Crippen molar-refractivity contribution in [3.8, 4) is 0 Å². The number of esters is 4. The van der Waals surface area contributed by atoms with Gasteiger partial charge < -0.3 is 54.7 Å². The minimum absolute atomic E-state index is 0.0178. The lowest BCUT2D eigenvalue weighted by Crippen LogP contribution is -2.82. The average Bonchev–Trinajstić information content (AvgIpc) is 3.41. The van der Waals surface area contributed by atoms with E-state index in [0.29, 0.717) is 11.6 Å². The molecule has 2 saturated carbocycles. The highest BCUT2D eigenvalue weighted by Crippen LogP contribution is 2.64. The number of benzene rings is 5. The van der Waals surface area contributed by atoms with Gasteiger partial charge in [0.15, 0.2) is 23.6 Å². The summed E-state index contributed by atoms with van der Waals surface area (Å²) in [5, 5.41) is 55.9. The van der Waals surface area contributed by atoms with Gasteiger partial charge in [0.25, 0.3) is 11.8 Å². The van der Waals surface area contributed by atoms with Gasteiger partial charge in [-0.1, -0.05) is 111 Å². The Labute approximate surface area is 464 Å². The molecule has 0 aromatic heterocycles. The lowest BCUT2D eigenvalue weighted by molar-refractivity contribution is -0.346. The molecule has 3 aliphatic carbocycles. The van der Waals surface area contributed by atoms with Crippen LogP contribution in [0.25, 0.3) is 0 Å². The van der Waals surface area contributed by atoms with Crippen LogP contribution in [0.2, 0.25) is 0 Å². The number of carbonyl (C=O) groups is 7. The Hall–Kier alpha value is -8.01. The van der Waals surface area contributed by atoms with E-state index in [9.17, 15) is 58.0 Å². The zero-order chi connectivity index (χ0) is 58.3. The number of Topliss-reactive ketones (excluding diaryl/α,β-unsaturated/α-hetero) is 1. The first-order chi connectivity index (χ1) is 38.4. The molecule has 6 N–H and O–H groups in total. The molecule has 3 unspecified atom stereocenters. The van der Waals surface area contributed by atoms with Crippen LogP contribution in [0.1, 0.15) is 102 Å². The normalized spacial score (nSPS) is 27.8. The molecule has 1 heterocycles. The molecular formula is C61H60F2N2O16. The maximum atomic E-state index is 16.0. The van der Waals surface area contributed by atoms with Crippen LogP contribution in [0, 0.1) is 28.4 Å². The summed E-state index contributed by atoms with van der Waals surface area (Å²) in [4.78, 5) is 101. The Morgan fingerprint density at radius 1 is 0.704 bits per heavy atom. The van der Waals surface area contributed by atoms with E-state index in [0.717, 1.165) is 19.1 Å². The van der Waals surface area contributed by atoms with E-state index in [4.69, 9.17) is 23.7 Å². The van der Waals surface area contributed by atoms with Gasteiger partial charge in [-0.2, -0.15) is 0 Å². The number of fused-ring (bicyclic) bond motifs is 5. The lowest BCUT2D eigenvalue weighted by Gasteiger charge is -2.67. The second-order valence-corrected chi connectivity index (χ2v) is 21.6. The highest BCUT2D eigenvalue weighted by atomic mass is 19.1. The van der Waals surface area contributed by atoms with Gasteiger partial charge in [0.1, 0.15) is 47.8 Å². The topological polar surface area (TPSA) is 271 Å². The number of ether oxygens (including phenoxy) is 5. The Bertz CT molecular complexity index is 3280. The van der Waals surface area contributed by atoms with Gasteiger partial charge in [-0.05, 0) is 72.5 Å². The molecular weight excluding hydrogens is 1050 g/mol. The molecule has 1 aliphatic heterocycles. The van der Waals surface area contributed by atoms with Crippen molar-refractivity contribution in [2.24, 2.45) is 16.7 Å². The van der Waals surface area contributed by atoms with Crippen LogP contribution in [-0.2, 0) is 42.9 Å². The fourth-order valence-electron chi connectivity index (χ4n) is 12.3. The van der Waals surface area contributed by atoms with Crippen LogP contribution >= 0.6 is 0 Å². The minimum Gasteiger partial charge on any atom is -0.459 e. The van der Waals surface area contributed by atoms with Crippen molar-refractivity contribution in [1.82, 2.24) is 10.6 Å². The van der Waals surface area contributed by atoms with Crippen molar-refractivity contribution in [3.05, 3.63) is 190 Å². The molecule has 81 heavy (non-hydrogen) atoms. The predicted octanol–water partition coefficient (Wildman–Crippen LogP) is 5.53. The number of nitrogens with one attached hydrogen (secondary N) is 2. The first kappa shape index (κ1) is 57.7. The van der Waals surface area contributed by atoms with Crippen molar-refractivity contribution in [3.63, 3.8) is 0 Å². The number of aliphatic hydroxyl groups is 4. The fourth-order valence-corrected chi connectivity index (χ4v) is 12.3. The largest absolute Gasteiger partial charge is 0.459 e. The molecule has 18 nitrogen and oxygen atoms in total. The molecule has 20 heteroatoms. The maximum absolute atomic E-state index is 16.0. The average molecular weight is 1120 g/mol. The summed E-state index contributed by atoms with van der Waals surface area (Å²) < 4.78 is 59.9. The summed E-state index contributed by atoms with van der Waals surface area (Å²) in [5.41, 5.74) is -9.17. The van der Waals surface area contributed by atoms with Crippen molar-refractivity contribution >= 4 is 41.5 Å². The van der Waals surface area contributed by atoms with Crippen molar-refractivity contribution in [2.45, 2.75) is 113 Å². The number of ketones is 1. The van der Waals surface area contributed by atoms with Crippen LogP contribution < -0.4 is 10.6 Å². The zero-order valence-electron chi connectivity index (χ0n) is 44.6. The summed E-state index contributed by atoms with van der Waals surface area (Å²) in [7, 11) is 0. The zero-order valence-corrected chi connectivity index (χ0v) is 44.6. The van der Waals surface area contributed by atoms with E-state index < -0.39 is 161 Å². The summed E-state index contributed by atoms with van der Waals surface area (Å²) in [6.45, 7) is 6.19. The number of carbonyl (C=O) groups excluding carboxylic acids is 7. The Morgan fingerprint density at radius 3 is 1.74 bits per heavy atom. The molecule has 0 radical (unpaired) electrons. The predicted molar refractivity (Wildman–Crippen MR) is 281 cm³/mol. The van der Waals surface area contributed by atoms with Gasteiger partial charge in [0.05, 0.1) is 41.2 Å². The van der Waals surface area contributed by atoms with Crippen LogP contribution in [0.4, 0.5) is 8.78 Å². The standard InChI is InChI=1S/C61H60F2N2O16/c1-32-41(78-56(74)48(68)45(34-18-10-6-11-19-34)64-53(71)36-22-14-8-15-23-36)30-61(76)52(80-55(73)37-24-16-9-17-25-37)50-59(5,51(70)47(67)44(32)58(61,3)4)42(29-43-60(50,31-77-43)81-33(2)66)79-57(75)49(69)46(35-20-12-7-13-21-35)65-54(72)39-27-26-38(62)28-40(39)63/h6-28,41-43,45-50,52,67-69,76H,29-31H2,1-5H3,(H,64,71)(H,65,72)/t41-,42-,43+,45-,46?,47+,48+,49?,50?,52-,59+,60-,61+/m0/s1. The quantitative estimate of drug-likeness (QED) is 0.0428. The second kappa shape index (κ2) is 22.5. The highest BCUT2D eigenvalue weighted by molar-refractivity contribution is 5.97. The highest BCUT2D eigenvalue weighted by Gasteiger charge is 2.79. The summed E-state index contributed by atoms with van der Waals surface area (Å²) in [6.07, 6.45) is -14.8. The molecule has 13 atom stereocenters. The van der Waals surface area contributed by atoms with E-state index in [1.54, 1.807) is 60.7 Å². The summed E-state index contributed by atoms with van der Waals surface area (Å²) in [5.74, 6) is -11.8. The van der Waals surface area contributed by atoms with Crippen molar-refractivity contribution < 1.29 is 86.5 Å². The number of hydrogen-bond donors (Lipinski definition) is 6. The van der Waals surface area contributed by atoms with Crippen molar-refractivity contribution in [1.29, 1.82) is 0 Å². The van der Waals surface area contributed by atoms with Gasteiger partial charge in [-0.15, -0.1) is 0 Å². The third-order valence-corrected chi connectivity index (χ3v) is 16.6. The molecule has 9 rings (SSSR count). The van der Waals surface area contributed by atoms with Gasteiger partial charge >= 0.3 is 23.9 Å². The number of hydrogen-bond acceptors (Lipinski definition) is 16. The molecule has 2 amide bonds. The first-order valence-electron chi connectivity index (χ1n) is 26.2. The van der Waals surface area contributed by atoms with E-state index in [2.05, 4.69) is 10.6 Å². The summed E-state index contributed by atoms with van der Waals surface area (Å²) in [6, 6.07) is 30.2. The molecule has 424 valence electrons. The lowest BCUT2D eigenvalue weighted by atomic mass is 9.44. The van der Waals surface area contributed by atoms with Crippen molar-refractivity contribution in [2.75, 3.05) is 6.61 Å². The van der Waals surface area contributed by atoms with E-state index in [-0.39, 0.29) is 27.8 Å². The van der Waals surface area contributed by atoms with Gasteiger partial charge in [0.2, 0.25) is 0 Å². The Balaban J connectivity index is 1.15. The van der Waals surface area contributed by atoms with E-state index >= 15 is 4.79 Å². The maximum Gasteiger partial charge on any atom is 0.338 e. The second-order valence-electron chi connectivity index (χ2n) is 21.6. The van der Waals surface area contributed by atoms with Crippen LogP contribution in [-0.4, -0.2) is 122 Å². The van der Waals surface area contributed by atoms with Crippen LogP contribution in [0.3, 0.4) is 0 Å². The smallest absolute Gasteiger partial charge is 0.338 e.